The largest absolute Gasteiger partial charge is 0.384 e. The van der Waals surface area contributed by atoms with Crippen LogP contribution < -0.4 is 10.2 Å². The van der Waals surface area contributed by atoms with Crippen LogP contribution >= 0.6 is 15.9 Å². The number of rotatable bonds is 6. The van der Waals surface area contributed by atoms with Crippen molar-refractivity contribution in [1.29, 1.82) is 0 Å². The van der Waals surface area contributed by atoms with Crippen molar-refractivity contribution in [3.8, 4) is 0 Å². The quantitative estimate of drug-likeness (QED) is 0.835. The molecule has 0 aromatic heterocycles. The number of hydrogen-bond acceptors (Lipinski definition) is 3. The van der Waals surface area contributed by atoms with Crippen LogP contribution in [0.2, 0.25) is 0 Å². The van der Waals surface area contributed by atoms with Gasteiger partial charge in [-0.05, 0) is 65.9 Å². The van der Waals surface area contributed by atoms with Crippen LogP contribution in [0.4, 0.5) is 5.69 Å². The molecule has 118 valence electrons. The second-order valence-electron chi connectivity index (χ2n) is 5.88. The highest BCUT2D eigenvalue weighted by Gasteiger charge is 2.21. The molecule has 1 heterocycles. The van der Waals surface area contributed by atoms with Crippen LogP contribution in [0.15, 0.2) is 22.7 Å². The van der Waals surface area contributed by atoms with E-state index in [0.717, 1.165) is 32.2 Å². The predicted molar refractivity (Wildman–Crippen MR) is 93.0 cm³/mol. The number of benzene rings is 1. The maximum Gasteiger partial charge on any atom is 0.0510 e. The standard InChI is InChI=1S/C17H27BrN2O/c1-4-19-13(2)15-5-6-17(16(18)11-15)20-9-7-14(8-10-20)12-21-3/h5-6,11,13-14,19H,4,7-10,12H2,1-3H3. The maximum atomic E-state index is 5.28. The van der Waals surface area contributed by atoms with Crippen LogP contribution in [-0.2, 0) is 4.74 Å². The molecule has 1 aromatic rings. The van der Waals surface area contributed by atoms with Gasteiger partial charge in [0, 0.05) is 37.3 Å². The minimum Gasteiger partial charge on any atom is -0.384 e. The molecule has 0 aliphatic carbocycles. The highest BCUT2D eigenvalue weighted by Crippen LogP contribution is 2.32. The molecule has 1 aliphatic rings. The molecule has 1 aliphatic heterocycles. The molecule has 1 atom stereocenters. The molecule has 0 spiro atoms. The first-order chi connectivity index (χ1) is 10.2. The SMILES string of the molecule is CCNC(C)c1ccc(N2CCC(COC)CC2)c(Br)c1. The minimum absolute atomic E-state index is 0.396. The van der Waals surface area contributed by atoms with Crippen LogP contribution in [-0.4, -0.2) is 33.4 Å². The molecule has 0 saturated carbocycles. The van der Waals surface area contributed by atoms with Gasteiger partial charge in [0.2, 0.25) is 0 Å². The van der Waals surface area contributed by atoms with Crippen LogP contribution in [0.5, 0.6) is 0 Å². The topological polar surface area (TPSA) is 24.5 Å². The van der Waals surface area contributed by atoms with Gasteiger partial charge in [0.25, 0.3) is 0 Å². The number of ether oxygens (including phenoxy) is 1. The lowest BCUT2D eigenvalue weighted by Crippen LogP contribution is -2.35. The third-order valence-electron chi connectivity index (χ3n) is 4.34. The van der Waals surface area contributed by atoms with E-state index in [2.05, 4.69) is 58.2 Å². The van der Waals surface area contributed by atoms with Crippen molar-refractivity contribution < 1.29 is 4.74 Å². The van der Waals surface area contributed by atoms with Gasteiger partial charge in [0.15, 0.2) is 0 Å². The Labute approximate surface area is 137 Å². The molecule has 0 bridgehead atoms. The number of nitrogens with one attached hydrogen (secondary N) is 1. The molecule has 2 rings (SSSR count). The van der Waals surface area contributed by atoms with Gasteiger partial charge in [-0.25, -0.2) is 0 Å². The Balaban J connectivity index is 2.01. The number of methoxy groups -OCH3 is 1. The molecule has 1 N–H and O–H groups in total. The molecule has 1 fully saturated rings. The fourth-order valence-electron chi connectivity index (χ4n) is 3.05. The van der Waals surface area contributed by atoms with Gasteiger partial charge in [-0.3, -0.25) is 0 Å². The smallest absolute Gasteiger partial charge is 0.0510 e. The van der Waals surface area contributed by atoms with Gasteiger partial charge in [-0.2, -0.15) is 0 Å². The summed E-state index contributed by atoms with van der Waals surface area (Å²) < 4.78 is 6.48. The average Bonchev–Trinajstić information content (AvgIpc) is 2.49. The lowest BCUT2D eigenvalue weighted by Gasteiger charge is -2.34. The Morgan fingerprint density at radius 3 is 2.67 bits per heavy atom. The van der Waals surface area contributed by atoms with E-state index in [1.807, 2.05) is 0 Å². The van der Waals surface area contributed by atoms with Crippen molar-refractivity contribution in [2.75, 3.05) is 38.3 Å². The summed E-state index contributed by atoms with van der Waals surface area (Å²) in [6.45, 7) is 8.48. The van der Waals surface area contributed by atoms with E-state index >= 15 is 0 Å². The summed E-state index contributed by atoms with van der Waals surface area (Å²) >= 11 is 3.75. The van der Waals surface area contributed by atoms with Crippen molar-refractivity contribution in [3.05, 3.63) is 28.2 Å². The summed E-state index contributed by atoms with van der Waals surface area (Å²) in [4.78, 5) is 2.48. The predicted octanol–water partition coefficient (Wildman–Crippen LogP) is 3.98. The Bertz CT molecular complexity index is 444. The van der Waals surface area contributed by atoms with Gasteiger partial charge in [0.05, 0.1) is 5.69 Å². The van der Waals surface area contributed by atoms with E-state index in [-0.39, 0.29) is 0 Å². The van der Waals surface area contributed by atoms with E-state index < -0.39 is 0 Å². The fourth-order valence-corrected chi connectivity index (χ4v) is 3.70. The van der Waals surface area contributed by atoms with E-state index in [9.17, 15) is 0 Å². The zero-order valence-corrected chi connectivity index (χ0v) is 14.9. The lowest BCUT2D eigenvalue weighted by atomic mass is 9.97. The fraction of sp³-hybridized carbons (Fsp3) is 0.647. The summed E-state index contributed by atoms with van der Waals surface area (Å²) in [5, 5.41) is 3.46. The number of halogens is 1. The molecule has 4 heteroatoms. The molecule has 0 radical (unpaired) electrons. The molecule has 3 nitrogen and oxygen atoms in total. The van der Waals surface area contributed by atoms with Gasteiger partial charge < -0.3 is 15.0 Å². The summed E-state index contributed by atoms with van der Waals surface area (Å²) in [6, 6.07) is 7.15. The highest BCUT2D eigenvalue weighted by molar-refractivity contribution is 9.10. The summed E-state index contributed by atoms with van der Waals surface area (Å²) in [5.74, 6) is 0.720. The number of piperidine rings is 1. The Morgan fingerprint density at radius 1 is 1.38 bits per heavy atom. The number of anilines is 1. The third kappa shape index (κ3) is 4.44. The molecule has 1 saturated heterocycles. The van der Waals surface area contributed by atoms with Crippen molar-refractivity contribution in [1.82, 2.24) is 5.32 Å². The normalized spacial score (nSPS) is 18.0. The van der Waals surface area contributed by atoms with Gasteiger partial charge >= 0.3 is 0 Å². The summed E-state index contributed by atoms with van der Waals surface area (Å²) in [5.41, 5.74) is 2.65. The molecule has 21 heavy (non-hydrogen) atoms. The first kappa shape index (κ1) is 16.8. The van der Waals surface area contributed by atoms with E-state index in [0.29, 0.717) is 6.04 Å². The number of hydrogen-bond donors (Lipinski definition) is 1. The van der Waals surface area contributed by atoms with Crippen LogP contribution in [0.3, 0.4) is 0 Å². The zero-order chi connectivity index (χ0) is 15.2. The Kier molecular flexibility index (Phi) is 6.52. The van der Waals surface area contributed by atoms with Gasteiger partial charge in [-0.1, -0.05) is 13.0 Å². The van der Waals surface area contributed by atoms with Gasteiger partial charge in [-0.15, -0.1) is 0 Å². The van der Waals surface area contributed by atoms with Crippen LogP contribution in [0.25, 0.3) is 0 Å². The number of nitrogens with zero attached hydrogens (tertiary/aromatic N) is 1. The molecular formula is C17H27BrN2O. The second kappa shape index (κ2) is 8.16. The lowest BCUT2D eigenvalue weighted by molar-refractivity contribution is 0.139. The molecule has 0 amide bonds. The first-order valence-electron chi connectivity index (χ1n) is 7.92. The van der Waals surface area contributed by atoms with E-state index in [1.165, 1.54) is 28.6 Å². The van der Waals surface area contributed by atoms with E-state index in [4.69, 9.17) is 4.74 Å². The zero-order valence-electron chi connectivity index (χ0n) is 13.4. The van der Waals surface area contributed by atoms with Crippen LogP contribution in [0.1, 0.15) is 38.3 Å². The second-order valence-corrected chi connectivity index (χ2v) is 6.73. The van der Waals surface area contributed by atoms with Gasteiger partial charge in [0.1, 0.15) is 0 Å². The van der Waals surface area contributed by atoms with Crippen molar-refractivity contribution in [2.45, 2.75) is 32.7 Å². The Morgan fingerprint density at radius 2 is 2.10 bits per heavy atom. The maximum absolute atomic E-state index is 5.28. The first-order valence-corrected chi connectivity index (χ1v) is 8.71. The molecular weight excluding hydrogens is 328 g/mol. The van der Waals surface area contributed by atoms with E-state index in [1.54, 1.807) is 7.11 Å². The minimum atomic E-state index is 0.396. The Hall–Kier alpha value is -0.580. The third-order valence-corrected chi connectivity index (χ3v) is 4.97. The highest BCUT2D eigenvalue weighted by atomic mass is 79.9. The van der Waals surface area contributed by atoms with Crippen molar-refractivity contribution >= 4 is 21.6 Å². The monoisotopic (exact) mass is 354 g/mol. The van der Waals surface area contributed by atoms with Crippen molar-refractivity contribution in [2.24, 2.45) is 5.92 Å². The molecule has 1 aromatic carbocycles. The van der Waals surface area contributed by atoms with Crippen LogP contribution in [0, 0.1) is 5.92 Å². The molecule has 1 unspecified atom stereocenters. The average molecular weight is 355 g/mol. The summed E-state index contributed by atoms with van der Waals surface area (Å²) in [7, 11) is 1.80. The summed E-state index contributed by atoms with van der Waals surface area (Å²) in [6.07, 6.45) is 2.44. The van der Waals surface area contributed by atoms with Crippen molar-refractivity contribution in [3.63, 3.8) is 0 Å².